The summed E-state index contributed by atoms with van der Waals surface area (Å²) in [5, 5.41) is 2.28. The molecule has 0 N–H and O–H groups in total. The Hall–Kier alpha value is -1.19. The molecule has 2 rings (SSSR count). The average Bonchev–Trinajstić information content (AvgIpc) is 2.45. The minimum atomic E-state index is -0.822. The summed E-state index contributed by atoms with van der Waals surface area (Å²) in [5.74, 6) is -2.70. The van der Waals surface area contributed by atoms with Gasteiger partial charge < -0.3 is 0 Å². The second-order valence-corrected chi connectivity index (χ2v) is 4.14. The predicted octanol–water partition coefficient (Wildman–Crippen LogP) is 0.595. The molecule has 0 aromatic heterocycles. The summed E-state index contributed by atoms with van der Waals surface area (Å²) in [7, 11) is 0. The van der Waals surface area contributed by atoms with Gasteiger partial charge in [-0.05, 0) is 31.5 Å². The van der Waals surface area contributed by atoms with Crippen LogP contribution in [0.25, 0.3) is 0 Å². The van der Waals surface area contributed by atoms with Crippen LogP contribution < -0.4 is 0 Å². The highest BCUT2D eigenvalue weighted by atomic mass is 32.1. The van der Waals surface area contributed by atoms with E-state index in [1.807, 2.05) is 0 Å². The highest BCUT2D eigenvalue weighted by Crippen LogP contribution is 2.37. The van der Waals surface area contributed by atoms with E-state index < -0.39 is 23.3 Å². The molecule has 0 amide bonds. The number of fused-ring (bicyclic) bond motifs is 1. The lowest BCUT2D eigenvalue weighted by Gasteiger charge is -2.25. The van der Waals surface area contributed by atoms with Gasteiger partial charge in [-0.3, -0.25) is 14.4 Å². The van der Waals surface area contributed by atoms with Crippen LogP contribution >= 0.6 is 12.2 Å². The van der Waals surface area contributed by atoms with Crippen molar-refractivity contribution in [2.45, 2.75) is 25.3 Å². The number of carbonyl (C=O) groups is 3. The molecule has 3 unspecified atom stereocenters. The number of hydrogen-bond donors (Lipinski definition) is 0. The first-order chi connectivity index (χ1) is 7.15. The number of thiocarbonyl (C=S) groups is 1. The van der Waals surface area contributed by atoms with E-state index in [4.69, 9.17) is 0 Å². The molecule has 2 aliphatic rings. The van der Waals surface area contributed by atoms with E-state index >= 15 is 0 Å². The van der Waals surface area contributed by atoms with Crippen molar-refractivity contribution in [1.82, 2.24) is 0 Å². The van der Waals surface area contributed by atoms with Gasteiger partial charge in [-0.25, -0.2) is 4.99 Å². The largest absolute Gasteiger partial charge is 0.290 e. The number of isothiocyanates is 1. The Bertz CT molecular complexity index is 397. The van der Waals surface area contributed by atoms with E-state index in [1.165, 1.54) is 0 Å². The van der Waals surface area contributed by atoms with E-state index in [0.29, 0.717) is 19.3 Å². The van der Waals surface area contributed by atoms with E-state index in [2.05, 4.69) is 22.4 Å². The Morgan fingerprint density at radius 3 is 2.47 bits per heavy atom. The fraction of sp³-hybridized carbons (Fsp3) is 0.600. The Balaban J connectivity index is 2.21. The van der Waals surface area contributed by atoms with E-state index in [-0.39, 0.29) is 12.0 Å². The molecule has 78 valence electrons. The second kappa shape index (κ2) is 3.76. The average molecular weight is 223 g/mol. The third kappa shape index (κ3) is 1.58. The lowest BCUT2D eigenvalue weighted by molar-refractivity contribution is -0.141. The van der Waals surface area contributed by atoms with Gasteiger partial charge in [0.25, 0.3) is 5.78 Å². The molecular weight excluding hydrogens is 214 g/mol. The van der Waals surface area contributed by atoms with Gasteiger partial charge >= 0.3 is 0 Å². The fourth-order valence-electron chi connectivity index (χ4n) is 2.40. The molecule has 0 saturated heterocycles. The van der Waals surface area contributed by atoms with Crippen molar-refractivity contribution in [3.8, 4) is 0 Å². The third-order valence-corrected chi connectivity index (χ3v) is 3.28. The molecule has 0 spiro atoms. The predicted molar refractivity (Wildman–Crippen MR) is 54.7 cm³/mol. The lowest BCUT2D eigenvalue weighted by atomic mass is 9.79. The van der Waals surface area contributed by atoms with Crippen LogP contribution in [0.2, 0.25) is 0 Å². The van der Waals surface area contributed by atoms with Crippen molar-refractivity contribution in [3.63, 3.8) is 0 Å². The summed E-state index contributed by atoms with van der Waals surface area (Å²) in [4.78, 5) is 37.9. The third-order valence-electron chi connectivity index (χ3n) is 3.18. The first-order valence-electron chi connectivity index (χ1n) is 4.84. The van der Waals surface area contributed by atoms with Crippen molar-refractivity contribution >= 4 is 34.7 Å². The Kier molecular flexibility index (Phi) is 2.59. The topological polar surface area (TPSA) is 63.6 Å². The SMILES string of the molecule is O=C1C(=O)C2CCC(N=C=S)CC2C1=O. The zero-order chi connectivity index (χ0) is 11.0. The standard InChI is InChI=1S/C10H9NO3S/c12-8-6-2-1-5(11-4-15)3-7(6)9(13)10(8)14/h5-7H,1-3H2. The van der Waals surface area contributed by atoms with Crippen molar-refractivity contribution in [2.75, 3.05) is 0 Å². The molecule has 2 fully saturated rings. The van der Waals surface area contributed by atoms with Crippen molar-refractivity contribution in [2.24, 2.45) is 16.8 Å². The second-order valence-electron chi connectivity index (χ2n) is 3.96. The molecule has 3 atom stereocenters. The molecule has 0 heterocycles. The van der Waals surface area contributed by atoms with Crippen LogP contribution in [0.15, 0.2) is 4.99 Å². The Labute approximate surface area is 91.8 Å². The van der Waals surface area contributed by atoms with Crippen LogP contribution in [0.5, 0.6) is 0 Å². The minimum absolute atomic E-state index is 0.0496. The van der Waals surface area contributed by atoms with Crippen LogP contribution in [0, 0.1) is 11.8 Å². The molecule has 0 radical (unpaired) electrons. The highest BCUT2D eigenvalue weighted by molar-refractivity contribution is 7.78. The van der Waals surface area contributed by atoms with Crippen molar-refractivity contribution < 1.29 is 14.4 Å². The molecule has 2 aliphatic carbocycles. The van der Waals surface area contributed by atoms with Gasteiger partial charge in [-0.1, -0.05) is 0 Å². The molecule has 0 bridgehead atoms. The van der Waals surface area contributed by atoms with Crippen LogP contribution in [0.4, 0.5) is 0 Å². The summed E-state index contributed by atoms with van der Waals surface area (Å²) in [6.45, 7) is 0. The minimum Gasteiger partial charge on any atom is -0.290 e. The maximum absolute atomic E-state index is 11.4. The number of aliphatic imine (C=N–C) groups is 1. The Morgan fingerprint density at radius 2 is 1.80 bits per heavy atom. The van der Waals surface area contributed by atoms with Crippen LogP contribution in [0.3, 0.4) is 0 Å². The highest BCUT2D eigenvalue weighted by Gasteiger charge is 2.50. The fourth-order valence-corrected chi connectivity index (χ4v) is 2.55. The summed E-state index contributed by atoms with van der Waals surface area (Å²) in [6, 6.07) is -0.0496. The number of rotatable bonds is 1. The van der Waals surface area contributed by atoms with Gasteiger partial charge in [0, 0.05) is 11.8 Å². The summed E-state index contributed by atoms with van der Waals surface area (Å²) in [6.07, 6.45) is 1.73. The normalized spacial score (nSPS) is 34.9. The van der Waals surface area contributed by atoms with Gasteiger partial charge in [0.05, 0.1) is 11.2 Å². The smallest absolute Gasteiger partial charge is 0.264 e. The summed E-state index contributed by atoms with van der Waals surface area (Å²) >= 11 is 4.49. The number of Topliss-reactive ketones (excluding diaryl/α,β-unsaturated/α-hetero) is 3. The van der Waals surface area contributed by atoms with Gasteiger partial charge in [-0.2, -0.15) is 0 Å². The molecule has 0 aliphatic heterocycles. The van der Waals surface area contributed by atoms with Crippen molar-refractivity contribution in [3.05, 3.63) is 0 Å². The quantitative estimate of drug-likeness (QED) is 0.371. The zero-order valence-corrected chi connectivity index (χ0v) is 8.75. The Morgan fingerprint density at radius 1 is 1.13 bits per heavy atom. The molecular formula is C10H9NO3S. The summed E-state index contributed by atoms with van der Waals surface area (Å²) in [5.41, 5.74) is 0. The number of carbonyl (C=O) groups excluding carboxylic acids is 3. The van der Waals surface area contributed by atoms with E-state index in [1.54, 1.807) is 0 Å². The number of hydrogen-bond acceptors (Lipinski definition) is 5. The number of nitrogens with zero attached hydrogens (tertiary/aromatic N) is 1. The maximum Gasteiger partial charge on any atom is 0.264 e. The van der Waals surface area contributed by atoms with Crippen molar-refractivity contribution in [1.29, 1.82) is 0 Å². The molecule has 0 aromatic rings. The molecule has 4 nitrogen and oxygen atoms in total. The number of ketones is 3. The van der Waals surface area contributed by atoms with Crippen LogP contribution in [-0.4, -0.2) is 28.6 Å². The molecule has 2 saturated carbocycles. The maximum atomic E-state index is 11.4. The molecule has 5 heteroatoms. The van der Waals surface area contributed by atoms with Crippen LogP contribution in [-0.2, 0) is 14.4 Å². The van der Waals surface area contributed by atoms with Gasteiger partial charge in [0.1, 0.15) is 0 Å². The van der Waals surface area contributed by atoms with E-state index in [9.17, 15) is 14.4 Å². The first-order valence-corrected chi connectivity index (χ1v) is 5.25. The zero-order valence-electron chi connectivity index (χ0n) is 7.93. The first kappa shape index (κ1) is 10.3. The van der Waals surface area contributed by atoms with Gasteiger partial charge in [-0.15, -0.1) is 0 Å². The van der Waals surface area contributed by atoms with Gasteiger partial charge in [0.2, 0.25) is 11.6 Å². The summed E-state index contributed by atoms with van der Waals surface area (Å²) < 4.78 is 0. The monoisotopic (exact) mass is 223 g/mol. The molecule has 0 aromatic carbocycles. The van der Waals surface area contributed by atoms with Crippen LogP contribution in [0.1, 0.15) is 19.3 Å². The van der Waals surface area contributed by atoms with E-state index in [0.717, 1.165) is 0 Å². The van der Waals surface area contributed by atoms with Gasteiger partial charge in [0.15, 0.2) is 0 Å². The molecule has 15 heavy (non-hydrogen) atoms. The lowest BCUT2D eigenvalue weighted by Crippen LogP contribution is -2.28.